The molecule has 2 amide bonds. The number of para-hydroxylation sites is 1. The fourth-order valence-corrected chi connectivity index (χ4v) is 2.10. The number of rotatable bonds is 9. The number of anilines is 1. The summed E-state index contributed by atoms with van der Waals surface area (Å²) in [6.45, 7) is 0.846. The summed E-state index contributed by atoms with van der Waals surface area (Å²) < 4.78 is 15.3. The molecule has 8 nitrogen and oxygen atoms in total. The van der Waals surface area contributed by atoms with Gasteiger partial charge in [-0.1, -0.05) is 18.2 Å². The number of methoxy groups -OCH3 is 1. The lowest BCUT2D eigenvalue weighted by Crippen LogP contribution is -2.37. The first-order valence-corrected chi connectivity index (χ1v) is 8.57. The molecule has 0 heterocycles. The smallest absolute Gasteiger partial charge is 0.326 e. The normalized spacial score (nSPS) is 11.1. The Labute approximate surface area is 162 Å². The lowest BCUT2D eigenvalue weighted by atomic mass is 10.3. The fourth-order valence-electron chi connectivity index (χ4n) is 2.10. The topological polar surface area (TPSA) is 103 Å². The second-order valence-electron chi connectivity index (χ2n) is 5.73. The van der Waals surface area contributed by atoms with Crippen molar-refractivity contribution in [3.05, 3.63) is 54.6 Å². The van der Waals surface area contributed by atoms with Gasteiger partial charge in [0.05, 0.1) is 7.11 Å². The van der Waals surface area contributed by atoms with E-state index in [4.69, 9.17) is 14.2 Å². The first-order valence-electron chi connectivity index (χ1n) is 8.57. The molecule has 2 rings (SSSR count). The summed E-state index contributed by atoms with van der Waals surface area (Å²) in [4.78, 5) is 35.6. The van der Waals surface area contributed by atoms with Gasteiger partial charge < -0.3 is 24.8 Å². The number of hydrogen-bond donors (Lipinski definition) is 2. The predicted octanol–water partition coefficient (Wildman–Crippen LogP) is 1.76. The highest BCUT2D eigenvalue weighted by atomic mass is 16.5. The van der Waals surface area contributed by atoms with Crippen LogP contribution in [0.3, 0.4) is 0 Å². The summed E-state index contributed by atoms with van der Waals surface area (Å²) in [6.07, 6.45) is -1.02. The minimum atomic E-state index is -1.02. The molecule has 148 valence electrons. The van der Waals surface area contributed by atoms with Gasteiger partial charge >= 0.3 is 5.97 Å². The lowest BCUT2D eigenvalue weighted by molar-refractivity contribution is -0.152. The van der Waals surface area contributed by atoms with Crippen LogP contribution in [0.25, 0.3) is 0 Å². The van der Waals surface area contributed by atoms with E-state index in [0.717, 1.165) is 0 Å². The van der Waals surface area contributed by atoms with E-state index in [2.05, 4.69) is 10.6 Å². The number of nitrogens with one attached hydrogen (secondary N) is 2. The summed E-state index contributed by atoms with van der Waals surface area (Å²) in [5, 5.41) is 5.00. The molecule has 1 atom stereocenters. The van der Waals surface area contributed by atoms with Gasteiger partial charge in [0.15, 0.2) is 12.7 Å². The lowest BCUT2D eigenvalue weighted by Gasteiger charge is -2.14. The standard InChI is InChI=1S/C20H22N2O6/c1-14(20(25)22-15-8-10-16(26-2)11-9-15)28-19(24)12-21-18(23)13-27-17-6-4-3-5-7-17/h3-11,14H,12-13H2,1-2H3,(H,21,23)(H,22,25). The average Bonchev–Trinajstić information content (AvgIpc) is 2.72. The molecule has 1 unspecified atom stereocenters. The van der Waals surface area contributed by atoms with Crippen molar-refractivity contribution in [1.82, 2.24) is 5.32 Å². The van der Waals surface area contributed by atoms with Crippen LogP contribution in [0.15, 0.2) is 54.6 Å². The van der Waals surface area contributed by atoms with E-state index in [0.29, 0.717) is 17.2 Å². The molecule has 0 saturated heterocycles. The highest BCUT2D eigenvalue weighted by Crippen LogP contribution is 2.15. The van der Waals surface area contributed by atoms with Crippen LogP contribution in [0.2, 0.25) is 0 Å². The minimum Gasteiger partial charge on any atom is -0.497 e. The molecule has 2 N–H and O–H groups in total. The van der Waals surface area contributed by atoms with E-state index in [1.54, 1.807) is 55.6 Å². The second-order valence-corrected chi connectivity index (χ2v) is 5.73. The van der Waals surface area contributed by atoms with Crippen molar-refractivity contribution in [3.63, 3.8) is 0 Å². The van der Waals surface area contributed by atoms with Crippen molar-refractivity contribution in [3.8, 4) is 11.5 Å². The Morgan fingerprint density at radius 3 is 2.29 bits per heavy atom. The number of carbonyl (C=O) groups is 3. The van der Waals surface area contributed by atoms with Gasteiger partial charge in [-0.05, 0) is 43.3 Å². The molecule has 0 fully saturated rings. The van der Waals surface area contributed by atoms with Gasteiger partial charge in [-0.3, -0.25) is 14.4 Å². The maximum absolute atomic E-state index is 12.1. The number of hydrogen-bond acceptors (Lipinski definition) is 6. The molecule has 0 aliphatic carbocycles. The Kier molecular flexibility index (Phi) is 7.83. The van der Waals surface area contributed by atoms with Gasteiger partial charge in [0, 0.05) is 5.69 Å². The number of esters is 1. The molecule has 0 aliphatic heterocycles. The van der Waals surface area contributed by atoms with Gasteiger partial charge in [0.1, 0.15) is 18.0 Å². The Hall–Kier alpha value is -3.55. The number of carbonyl (C=O) groups excluding carboxylic acids is 3. The van der Waals surface area contributed by atoms with Gasteiger partial charge in [-0.2, -0.15) is 0 Å². The molecular formula is C20H22N2O6. The summed E-state index contributed by atoms with van der Waals surface area (Å²) in [5.74, 6) is -0.493. The summed E-state index contributed by atoms with van der Waals surface area (Å²) in [7, 11) is 1.54. The zero-order chi connectivity index (χ0) is 20.4. The SMILES string of the molecule is COc1ccc(NC(=O)C(C)OC(=O)CNC(=O)COc2ccccc2)cc1. The van der Waals surface area contributed by atoms with Crippen molar-refractivity contribution in [2.75, 3.05) is 25.6 Å². The summed E-state index contributed by atoms with van der Waals surface area (Å²) in [5.41, 5.74) is 0.542. The maximum atomic E-state index is 12.1. The Balaban J connectivity index is 1.69. The highest BCUT2D eigenvalue weighted by molar-refractivity contribution is 5.95. The van der Waals surface area contributed by atoms with Crippen LogP contribution in [-0.2, 0) is 19.1 Å². The van der Waals surface area contributed by atoms with E-state index in [-0.39, 0.29) is 13.2 Å². The van der Waals surface area contributed by atoms with E-state index in [1.165, 1.54) is 6.92 Å². The van der Waals surface area contributed by atoms with Crippen LogP contribution in [0.1, 0.15) is 6.92 Å². The number of amides is 2. The zero-order valence-electron chi connectivity index (χ0n) is 15.6. The second kappa shape index (κ2) is 10.6. The van der Waals surface area contributed by atoms with Crippen molar-refractivity contribution >= 4 is 23.5 Å². The van der Waals surface area contributed by atoms with E-state index in [1.807, 2.05) is 6.07 Å². The number of ether oxygens (including phenoxy) is 3. The third-order valence-electron chi connectivity index (χ3n) is 3.58. The van der Waals surface area contributed by atoms with Gasteiger partial charge in [-0.25, -0.2) is 0 Å². The monoisotopic (exact) mass is 386 g/mol. The molecule has 0 aliphatic rings. The van der Waals surface area contributed by atoms with Crippen LogP contribution in [-0.4, -0.2) is 44.1 Å². The Morgan fingerprint density at radius 1 is 0.964 bits per heavy atom. The van der Waals surface area contributed by atoms with E-state index < -0.39 is 23.9 Å². The zero-order valence-corrected chi connectivity index (χ0v) is 15.6. The molecule has 0 radical (unpaired) electrons. The third-order valence-corrected chi connectivity index (χ3v) is 3.58. The van der Waals surface area contributed by atoms with Crippen molar-refractivity contribution < 1.29 is 28.6 Å². The summed E-state index contributed by atoms with van der Waals surface area (Å²) >= 11 is 0. The number of benzene rings is 2. The van der Waals surface area contributed by atoms with Gasteiger partial charge in [-0.15, -0.1) is 0 Å². The van der Waals surface area contributed by atoms with E-state index in [9.17, 15) is 14.4 Å². The van der Waals surface area contributed by atoms with Crippen LogP contribution in [0.5, 0.6) is 11.5 Å². The van der Waals surface area contributed by atoms with Gasteiger partial charge in [0.2, 0.25) is 0 Å². The first kappa shape index (κ1) is 20.8. The molecule has 0 bridgehead atoms. The largest absolute Gasteiger partial charge is 0.497 e. The Bertz CT molecular complexity index is 792. The highest BCUT2D eigenvalue weighted by Gasteiger charge is 2.18. The van der Waals surface area contributed by atoms with Crippen LogP contribution in [0.4, 0.5) is 5.69 Å². The maximum Gasteiger partial charge on any atom is 0.326 e. The third kappa shape index (κ3) is 6.99. The van der Waals surface area contributed by atoms with Crippen LogP contribution >= 0.6 is 0 Å². The average molecular weight is 386 g/mol. The van der Waals surface area contributed by atoms with Crippen LogP contribution in [0, 0.1) is 0 Å². The van der Waals surface area contributed by atoms with Crippen molar-refractivity contribution in [2.45, 2.75) is 13.0 Å². The molecule has 2 aromatic rings. The van der Waals surface area contributed by atoms with Crippen molar-refractivity contribution in [2.24, 2.45) is 0 Å². The fraction of sp³-hybridized carbons (Fsp3) is 0.250. The Morgan fingerprint density at radius 2 is 1.64 bits per heavy atom. The first-order chi connectivity index (χ1) is 13.5. The summed E-state index contributed by atoms with van der Waals surface area (Å²) in [6, 6.07) is 15.5. The molecular weight excluding hydrogens is 364 g/mol. The van der Waals surface area contributed by atoms with Crippen molar-refractivity contribution in [1.29, 1.82) is 0 Å². The molecule has 0 aromatic heterocycles. The van der Waals surface area contributed by atoms with Gasteiger partial charge in [0.25, 0.3) is 11.8 Å². The van der Waals surface area contributed by atoms with E-state index >= 15 is 0 Å². The van der Waals surface area contributed by atoms with Crippen LogP contribution < -0.4 is 20.1 Å². The minimum absolute atomic E-state index is 0.231. The predicted molar refractivity (Wildman–Crippen MR) is 102 cm³/mol. The molecule has 8 heteroatoms. The molecule has 2 aromatic carbocycles. The quantitative estimate of drug-likeness (QED) is 0.637. The molecule has 28 heavy (non-hydrogen) atoms. The molecule has 0 saturated carbocycles. The molecule has 0 spiro atoms.